The molecular formula is C11H9N3OS. The summed E-state index contributed by atoms with van der Waals surface area (Å²) in [6.07, 6.45) is 1.43. The predicted molar refractivity (Wildman–Crippen MR) is 64.6 cm³/mol. The maximum absolute atomic E-state index is 11.6. The average Bonchev–Trinajstić information content (AvgIpc) is 2.88. The van der Waals surface area contributed by atoms with Crippen LogP contribution in [-0.2, 0) is 7.05 Å². The Bertz CT molecular complexity index is 694. The van der Waals surface area contributed by atoms with Crippen molar-refractivity contribution < 1.29 is 0 Å². The van der Waals surface area contributed by atoms with E-state index in [1.807, 2.05) is 35.2 Å². The van der Waals surface area contributed by atoms with Crippen molar-refractivity contribution in [1.82, 2.24) is 14.5 Å². The highest BCUT2D eigenvalue weighted by Gasteiger charge is 2.11. The molecule has 0 aromatic carbocycles. The minimum atomic E-state index is -0.0941. The van der Waals surface area contributed by atoms with Gasteiger partial charge in [0.05, 0.1) is 22.3 Å². The SMILES string of the molecule is Cn1c(-c2cccs2)cc2c(=O)[nH]cnc21. The maximum atomic E-state index is 11.6. The van der Waals surface area contributed by atoms with Crippen molar-refractivity contribution in [2.45, 2.75) is 0 Å². The molecule has 0 saturated heterocycles. The van der Waals surface area contributed by atoms with Crippen LogP contribution in [0.3, 0.4) is 0 Å². The van der Waals surface area contributed by atoms with Gasteiger partial charge in [0.25, 0.3) is 5.56 Å². The monoisotopic (exact) mass is 231 g/mol. The van der Waals surface area contributed by atoms with Gasteiger partial charge in [-0.2, -0.15) is 0 Å². The Morgan fingerprint density at radius 3 is 3.06 bits per heavy atom. The summed E-state index contributed by atoms with van der Waals surface area (Å²) in [6.45, 7) is 0. The molecule has 0 bridgehead atoms. The first-order chi connectivity index (χ1) is 7.77. The third-order valence-electron chi connectivity index (χ3n) is 2.60. The first-order valence-electron chi connectivity index (χ1n) is 4.84. The number of aromatic amines is 1. The predicted octanol–water partition coefficient (Wildman–Crippen LogP) is 1.99. The third kappa shape index (κ3) is 1.22. The highest BCUT2D eigenvalue weighted by Crippen LogP contribution is 2.27. The second-order valence-electron chi connectivity index (χ2n) is 3.53. The molecule has 0 saturated carbocycles. The molecule has 0 radical (unpaired) electrons. The van der Waals surface area contributed by atoms with Crippen LogP contribution >= 0.6 is 11.3 Å². The molecule has 1 N–H and O–H groups in total. The topological polar surface area (TPSA) is 50.7 Å². The van der Waals surface area contributed by atoms with E-state index in [1.54, 1.807) is 11.3 Å². The molecule has 0 fully saturated rings. The van der Waals surface area contributed by atoms with E-state index in [0.29, 0.717) is 11.0 Å². The molecule has 0 amide bonds. The summed E-state index contributed by atoms with van der Waals surface area (Å²) in [6, 6.07) is 5.91. The lowest BCUT2D eigenvalue weighted by Crippen LogP contribution is -2.05. The molecule has 0 aliphatic rings. The second-order valence-corrected chi connectivity index (χ2v) is 4.48. The van der Waals surface area contributed by atoms with Gasteiger partial charge in [-0.3, -0.25) is 4.79 Å². The Hall–Kier alpha value is -1.88. The summed E-state index contributed by atoms with van der Waals surface area (Å²) in [5, 5.41) is 2.65. The van der Waals surface area contributed by atoms with Gasteiger partial charge in [0, 0.05) is 7.05 Å². The summed E-state index contributed by atoms with van der Waals surface area (Å²) in [5.74, 6) is 0. The average molecular weight is 231 g/mol. The lowest BCUT2D eigenvalue weighted by atomic mass is 10.3. The zero-order valence-electron chi connectivity index (χ0n) is 8.60. The molecule has 80 valence electrons. The van der Waals surface area contributed by atoms with Crippen molar-refractivity contribution in [3.8, 4) is 10.6 Å². The Labute approximate surface area is 95.2 Å². The van der Waals surface area contributed by atoms with Gasteiger partial charge in [0.1, 0.15) is 5.65 Å². The van der Waals surface area contributed by atoms with E-state index < -0.39 is 0 Å². The first-order valence-corrected chi connectivity index (χ1v) is 5.72. The van der Waals surface area contributed by atoms with Crippen LogP contribution in [0.2, 0.25) is 0 Å². The van der Waals surface area contributed by atoms with Crippen LogP contribution in [0.15, 0.2) is 34.7 Å². The first kappa shape index (κ1) is 9.35. The fourth-order valence-electron chi connectivity index (χ4n) is 1.81. The quantitative estimate of drug-likeness (QED) is 0.696. The van der Waals surface area contributed by atoms with E-state index in [1.165, 1.54) is 6.33 Å². The zero-order valence-corrected chi connectivity index (χ0v) is 9.41. The Morgan fingerprint density at radius 2 is 2.38 bits per heavy atom. The number of rotatable bonds is 1. The van der Waals surface area contributed by atoms with Crippen LogP contribution in [0, 0.1) is 0 Å². The number of thiophene rings is 1. The minimum Gasteiger partial charge on any atom is -0.327 e. The number of fused-ring (bicyclic) bond motifs is 1. The fourth-order valence-corrected chi connectivity index (χ4v) is 2.58. The molecule has 3 aromatic heterocycles. The van der Waals surface area contributed by atoms with Gasteiger partial charge < -0.3 is 9.55 Å². The van der Waals surface area contributed by atoms with E-state index in [0.717, 1.165) is 10.6 Å². The van der Waals surface area contributed by atoms with Gasteiger partial charge in [-0.25, -0.2) is 4.98 Å². The number of nitrogens with zero attached hydrogens (tertiary/aromatic N) is 2. The highest BCUT2D eigenvalue weighted by molar-refractivity contribution is 7.13. The summed E-state index contributed by atoms with van der Waals surface area (Å²) in [5.41, 5.74) is 1.64. The normalized spacial score (nSPS) is 11.1. The number of H-pyrrole nitrogens is 1. The van der Waals surface area contributed by atoms with Crippen molar-refractivity contribution in [2.75, 3.05) is 0 Å². The Balaban J connectivity index is 2.40. The number of hydrogen-bond acceptors (Lipinski definition) is 3. The number of aromatic nitrogens is 3. The molecule has 5 heteroatoms. The van der Waals surface area contributed by atoms with E-state index in [-0.39, 0.29) is 5.56 Å². The molecule has 0 unspecified atom stereocenters. The lowest BCUT2D eigenvalue weighted by molar-refractivity contribution is 0.952. The van der Waals surface area contributed by atoms with Crippen LogP contribution in [0.5, 0.6) is 0 Å². The molecular weight excluding hydrogens is 222 g/mol. The van der Waals surface area contributed by atoms with E-state index >= 15 is 0 Å². The molecule has 4 nitrogen and oxygen atoms in total. The summed E-state index contributed by atoms with van der Waals surface area (Å²) in [4.78, 5) is 19.5. The van der Waals surface area contributed by atoms with Crippen LogP contribution in [0.1, 0.15) is 0 Å². The van der Waals surface area contributed by atoms with Crippen molar-refractivity contribution in [3.05, 3.63) is 40.3 Å². The minimum absolute atomic E-state index is 0.0941. The van der Waals surface area contributed by atoms with Crippen molar-refractivity contribution in [1.29, 1.82) is 0 Å². The summed E-state index contributed by atoms with van der Waals surface area (Å²) < 4.78 is 1.94. The molecule has 0 aliphatic heterocycles. The Morgan fingerprint density at radius 1 is 1.50 bits per heavy atom. The van der Waals surface area contributed by atoms with Gasteiger partial charge in [-0.05, 0) is 17.5 Å². The molecule has 16 heavy (non-hydrogen) atoms. The van der Waals surface area contributed by atoms with Crippen LogP contribution in [0.4, 0.5) is 0 Å². The molecule has 3 heterocycles. The molecule has 0 atom stereocenters. The Kier molecular flexibility index (Phi) is 1.94. The van der Waals surface area contributed by atoms with Crippen molar-refractivity contribution >= 4 is 22.4 Å². The maximum Gasteiger partial charge on any atom is 0.260 e. The lowest BCUT2D eigenvalue weighted by Gasteiger charge is -1.99. The van der Waals surface area contributed by atoms with Gasteiger partial charge in [0.2, 0.25) is 0 Å². The number of nitrogens with one attached hydrogen (secondary N) is 1. The largest absolute Gasteiger partial charge is 0.327 e. The molecule has 3 rings (SSSR count). The highest BCUT2D eigenvalue weighted by atomic mass is 32.1. The molecule has 0 aliphatic carbocycles. The van der Waals surface area contributed by atoms with E-state index in [2.05, 4.69) is 9.97 Å². The van der Waals surface area contributed by atoms with Gasteiger partial charge in [-0.15, -0.1) is 11.3 Å². The van der Waals surface area contributed by atoms with Crippen LogP contribution in [0.25, 0.3) is 21.6 Å². The van der Waals surface area contributed by atoms with Gasteiger partial charge in [-0.1, -0.05) is 6.07 Å². The second kappa shape index (κ2) is 3.31. The third-order valence-corrected chi connectivity index (χ3v) is 3.49. The standard InChI is InChI=1S/C11H9N3OS/c1-14-8(9-3-2-4-16-9)5-7-10(14)12-6-13-11(7)15/h2-6H,1H3,(H,12,13,15). The zero-order chi connectivity index (χ0) is 11.1. The molecule has 0 spiro atoms. The van der Waals surface area contributed by atoms with E-state index in [4.69, 9.17) is 0 Å². The number of aryl methyl sites for hydroxylation is 1. The van der Waals surface area contributed by atoms with Crippen LogP contribution < -0.4 is 5.56 Å². The smallest absolute Gasteiger partial charge is 0.260 e. The summed E-state index contributed by atoms with van der Waals surface area (Å²) in [7, 11) is 1.92. The van der Waals surface area contributed by atoms with Gasteiger partial charge >= 0.3 is 0 Å². The van der Waals surface area contributed by atoms with E-state index in [9.17, 15) is 4.79 Å². The van der Waals surface area contributed by atoms with Gasteiger partial charge in [0.15, 0.2) is 0 Å². The summed E-state index contributed by atoms with van der Waals surface area (Å²) >= 11 is 1.65. The van der Waals surface area contributed by atoms with Crippen LogP contribution in [-0.4, -0.2) is 14.5 Å². The fraction of sp³-hybridized carbons (Fsp3) is 0.0909. The van der Waals surface area contributed by atoms with Crippen molar-refractivity contribution in [2.24, 2.45) is 7.05 Å². The molecule has 3 aromatic rings. The number of hydrogen-bond donors (Lipinski definition) is 1. The van der Waals surface area contributed by atoms with Crippen molar-refractivity contribution in [3.63, 3.8) is 0 Å².